The fourth-order valence-corrected chi connectivity index (χ4v) is 6.47. The molecule has 3 rings (SSSR count). The van der Waals surface area contributed by atoms with Gasteiger partial charge in [0.2, 0.25) is 0 Å². The summed E-state index contributed by atoms with van der Waals surface area (Å²) in [6, 6.07) is 13.3. The first kappa shape index (κ1) is 23.5. The molecule has 168 valence electrons. The summed E-state index contributed by atoms with van der Waals surface area (Å²) in [6.07, 6.45) is 4.71. The standard InChI is InChI=1S/C26H34O4S/c1-4-6-18(8-5-7-17(2)25(29)30)24-22-14-13-21(28)15-23(22)31-16-26(24,3)19-9-11-20(27)12-10-19/h9-15,17-18,24,27-28H,4-8,16H2,1-3H3,(H,29,30). The van der Waals surface area contributed by atoms with Gasteiger partial charge in [-0.25, -0.2) is 0 Å². The van der Waals surface area contributed by atoms with Gasteiger partial charge in [-0.05, 0) is 60.1 Å². The van der Waals surface area contributed by atoms with Crippen molar-refractivity contribution in [3.8, 4) is 11.5 Å². The van der Waals surface area contributed by atoms with Gasteiger partial charge in [0.25, 0.3) is 0 Å². The number of hydrogen-bond donors (Lipinski definition) is 3. The molecule has 0 spiro atoms. The molecule has 0 aliphatic carbocycles. The van der Waals surface area contributed by atoms with E-state index >= 15 is 0 Å². The largest absolute Gasteiger partial charge is 0.508 e. The second kappa shape index (κ2) is 9.99. The molecule has 1 aliphatic heterocycles. The molecule has 2 aromatic carbocycles. The first-order valence-corrected chi connectivity index (χ1v) is 12.2. The molecule has 4 atom stereocenters. The maximum absolute atomic E-state index is 11.3. The number of benzene rings is 2. The van der Waals surface area contributed by atoms with Crippen molar-refractivity contribution in [2.24, 2.45) is 11.8 Å². The van der Waals surface area contributed by atoms with E-state index in [0.29, 0.717) is 18.1 Å². The highest BCUT2D eigenvalue weighted by Crippen LogP contribution is 2.55. The normalized spacial score (nSPS) is 22.5. The summed E-state index contributed by atoms with van der Waals surface area (Å²) >= 11 is 1.78. The predicted octanol–water partition coefficient (Wildman–Crippen LogP) is 6.55. The molecular weight excluding hydrogens is 408 g/mol. The van der Waals surface area contributed by atoms with Crippen LogP contribution in [0.3, 0.4) is 0 Å². The zero-order valence-electron chi connectivity index (χ0n) is 18.7. The SMILES string of the molecule is CCCC(CCCC(C)C(=O)O)C1c2ccc(O)cc2SCC1(C)c1ccc(O)cc1. The predicted molar refractivity (Wildman–Crippen MR) is 126 cm³/mol. The fraction of sp³-hybridized carbons (Fsp3) is 0.500. The Morgan fingerprint density at radius 1 is 1.10 bits per heavy atom. The highest BCUT2D eigenvalue weighted by Gasteiger charge is 2.45. The van der Waals surface area contributed by atoms with Gasteiger partial charge in [-0.3, -0.25) is 4.79 Å². The first-order valence-electron chi connectivity index (χ1n) is 11.2. The van der Waals surface area contributed by atoms with Crippen LogP contribution in [0.1, 0.15) is 69.9 Å². The van der Waals surface area contributed by atoms with Crippen LogP contribution >= 0.6 is 11.8 Å². The molecule has 1 heterocycles. The van der Waals surface area contributed by atoms with Gasteiger partial charge < -0.3 is 15.3 Å². The van der Waals surface area contributed by atoms with E-state index in [1.807, 2.05) is 18.2 Å². The Morgan fingerprint density at radius 3 is 2.42 bits per heavy atom. The lowest BCUT2D eigenvalue weighted by Gasteiger charge is -2.47. The van der Waals surface area contributed by atoms with Gasteiger partial charge in [0, 0.05) is 16.1 Å². The number of aromatic hydroxyl groups is 2. The molecular formula is C26H34O4S. The van der Waals surface area contributed by atoms with Gasteiger partial charge in [-0.2, -0.15) is 0 Å². The third-order valence-corrected chi connectivity index (χ3v) is 8.25. The lowest BCUT2D eigenvalue weighted by molar-refractivity contribution is -0.141. The van der Waals surface area contributed by atoms with Gasteiger partial charge in [-0.15, -0.1) is 11.8 Å². The van der Waals surface area contributed by atoms with E-state index < -0.39 is 5.97 Å². The Hall–Kier alpha value is -2.14. The van der Waals surface area contributed by atoms with E-state index in [1.54, 1.807) is 36.9 Å². The lowest BCUT2D eigenvalue weighted by atomic mass is 9.62. The number of fused-ring (bicyclic) bond motifs is 1. The number of phenols is 2. The van der Waals surface area contributed by atoms with Crippen LogP contribution in [0.15, 0.2) is 47.4 Å². The third-order valence-electron chi connectivity index (χ3n) is 6.84. The first-order chi connectivity index (χ1) is 14.8. The highest BCUT2D eigenvalue weighted by atomic mass is 32.2. The molecule has 0 saturated carbocycles. The number of carbonyl (C=O) groups is 1. The molecule has 5 heteroatoms. The van der Waals surface area contributed by atoms with Crippen LogP contribution in [0.4, 0.5) is 0 Å². The minimum Gasteiger partial charge on any atom is -0.508 e. The zero-order valence-corrected chi connectivity index (χ0v) is 19.5. The van der Waals surface area contributed by atoms with Gasteiger partial charge in [0.15, 0.2) is 0 Å². The van der Waals surface area contributed by atoms with Gasteiger partial charge in [0.1, 0.15) is 11.5 Å². The molecule has 1 aliphatic rings. The van der Waals surface area contributed by atoms with Crippen LogP contribution in [0.5, 0.6) is 11.5 Å². The summed E-state index contributed by atoms with van der Waals surface area (Å²) in [5.41, 5.74) is 2.36. The quantitative estimate of drug-likeness (QED) is 0.410. The summed E-state index contributed by atoms with van der Waals surface area (Å²) in [5, 5.41) is 29.1. The topological polar surface area (TPSA) is 77.8 Å². The van der Waals surface area contributed by atoms with Crippen LogP contribution < -0.4 is 0 Å². The molecule has 0 radical (unpaired) electrons. The summed E-state index contributed by atoms with van der Waals surface area (Å²) in [7, 11) is 0. The second-order valence-electron chi connectivity index (χ2n) is 9.17. The Kier molecular flexibility index (Phi) is 7.58. The van der Waals surface area contributed by atoms with Crippen molar-refractivity contribution >= 4 is 17.7 Å². The molecule has 0 saturated heterocycles. The Balaban J connectivity index is 1.99. The summed E-state index contributed by atoms with van der Waals surface area (Å²) in [6.45, 7) is 6.31. The van der Waals surface area contributed by atoms with Gasteiger partial charge in [-0.1, -0.05) is 58.2 Å². The van der Waals surface area contributed by atoms with E-state index in [-0.39, 0.29) is 23.0 Å². The summed E-state index contributed by atoms with van der Waals surface area (Å²) in [4.78, 5) is 12.4. The van der Waals surface area contributed by atoms with Crippen molar-refractivity contribution in [3.05, 3.63) is 53.6 Å². The maximum Gasteiger partial charge on any atom is 0.306 e. The van der Waals surface area contributed by atoms with Crippen LogP contribution in [-0.2, 0) is 10.2 Å². The highest BCUT2D eigenvalue weighted by molar-refractivity contribution is 7.99. The van der Waals surface area contributed by atoms with Crippen LogP contribution in [0.25, 0.3) is 0 Å². The van der Waals surface area contributed by atoms with Crippen molar-refractivity contribution in [1.29, 1.82) is 0 Å². The van der Waals surface area contributed by atoms with Crippen LogP contribution in [-0.4, -0.2) is 27.0 Å². The van der Waals surface area contributed by atoms with Crippen molar-refractivity contribution < 1.29 is 20.1 Å². The average Bonchev–Trinajstić information content (AvgIpc) is 2.73. The molecule has 2 aromatic rings. The minimum absolute atomic E-state index is 0.124. The fourth-order valence-electron chi connectivity index (χ4n) is 5.10. The van der Waals surface area contributed by atoms with Crippen LogP contribution in [0.2, 0.25) is 0 Å². The zero-order chi connectivity index (χ0) is 22.6. The summed E-state index contributed by atoms with van der Waals surface area (Å²) < 4.78 is 0. The number of carboxylic acids is 1. The molecule has 31 heavy (non-hydrogen) atoms. The van der Waals surface area contributed by atoms with Crippen molar-refractivity contribution in [3.63, 3.8) is 0 Å². The number of carboxylic acid groups (broad SMARTS) is 1. The van der Waals surface area contributed by atoms with Crippen molar-refractivity contribution in [2.45, 2.75) is 69.1 Å². The average molecular weight is 443 g/mol. The monoisotopic (exact) mass is 442 g/mol. The van der Waals surface area contributed by atoms with E-state index in [2.05, 4.69) is 19.9 Å². The number of aliphatic carboxylic acids is 1. The second-order valence-corrected chi connectivity index (χ2v) is 10.2. The third kappa shape index (κ3) is 5.20. The molecule has 4 unspecified atom stereocenters. The van der Waals surface area contributed by atoms with Gasteiger partial charge in [0.05, 0.1) is 5.92 Å². The van der Waals surface area contributed by atoms with Crippen molar-refractivity contribution in [1.82, 2.24) is 0 Å². The molecule has 0 fully saturated rings. The Labute approximate surface area is 189 Å². The number of hydrogen-bond acceptors (Lipinski definition) is 4. The van der Waals surface area contributed by atoms with Gasteiger partial charge >= 0.3 is 5.97 Å². The summed E-state index contributed by atoms with van der Waals surface area (Å²) in [5.74, 6) is 1.08. The molecule has 3 N–H and O–H groups in total. The molecule has 4 nitrogen and oxygen atoms in total. The molecule has 0 bridgehead atoms. The van der Waals surface area contributed by atoms with Crippen molar-refractivity contribution in [2.75, 3.05) is 5.75 Å². The minimum atomic E-state index is -0.726. The molecule has 0 amide bonds. The maximum atomic E-state index is 11.3. The van der Waals surface area contributed by atoms with Crippen LogP contribution in [0, 0.1) is 11.8 Å². The lowest BCUT2D eigenvalue weighted by Crippen LogP contribution is -2.40. The van der Waals surface area contributed by atoms with E-state index in [4.69, 9.17) is 0 Å². The number of thioether (sulfide) groups is 1. The Bertz CT molecular complexity index is 895. The number of rotatable bonds is 9. The number of phenolic OH excluding ortho intramolecular Hbond substituents is 2. The smallest absolute Gasteiger partial charge is 0.306 e. The molecule has 0 aromatic heterocycles. The Morgan fingerprint density at radius 2 is 1.77 bits per heavy atom. The van der Waals surface area contributed by atoms with E-state index in [1.165, 1.54) is 11.1 Å². The van der Waals surface area contributed by atoms with E-state index in [0.717, 1.165) is 36.3 Å². The van der Waals surface area contributed by atoms with E-state index in [9.17, 15) is 20.1 Å².